The average molecular weight is 541 g/mol. The largest absolute Gasteiger partial charge is 0.493 e. The number of hydrogen-bond donors (Lipinski definition) is 1. The fraction of sp³-hybridized carbons (Fsp3) is 0.129. The lowest BCUT2D eigenvalue weighted by atomic mass is 10.0. The third kappa shape index (κ3) is 5.22. The maximum absolute atomic E-state index is 13.3. The van der Waals surface area contributed by atoms with E-state index in [9.17, 15) is 14.4 Å². The number of hydrogen-bond acceptors (Lipinski definition) is 5. The van der Waals surface area contributed by atoms with Crippen molar-refractivity contribution in [2.24, 2.45) is 0 Å². The first-order valence-electron chi connectivity index (χ1n) is 12.4. The van der Waals surface area contributed by atoms with Gasteiger partial charge in [0.05, 0.1) is 17.8 Å². The minimum Gasteiger partial charge on any atom is -0.493 e. The van der Waals surface area contributed by atoms with Gasteiger partial charge >= 0.3 is 6.03 Å². The molecule has 0 saturated carbocycles. The van der Waals surface area contributed by atoms with Crippen molar-refractivity contribution in [1.29, 1.82) is 0 Å². The normalized spacial score (nSPS) is 14.6. The van der Waals surface area contributed by atoms with E-state index in [1.54, 1.807) is 24.3 Å². The molecular weight excluding hydrogens is 516 g/mol. The molecule has 1 saturated heterocycles. The van der Waals surface area contributed by atoms with Gasteiger partial charge in [-0.3, -0.25) is 14.9 Å². The monoisotopic (exact) mass is 540 g/mol. The van der Waals surface area contributed by atoms with E-state index in [0.29, 0.717) is 22.7 Å². The molecule has 4 aromatic rings. The number of nitrogens with one attached hydrogen (secondary N) is 1. The predicted molar refractivity (Wildman–Crippen MR) is 151 cm³/mol. The van der Waals surface area contributed by atoms with Gasteiger partial charge in [-0.05, 0) is 64.2 Å². The van der Waals surface area contributed by atoms with E-state index < -0.39 is 17.8 Å². The Morgan fingerprint density at radius 3 is 2.44 bits per heavy atom. The molecular formula is C31H25ClN2O5. The van der Waals surface area contributed by atoms with Gasteiger partial charge < -0.3 is 9.47 Å². The highest BCUT2D eigenvalue weighted by Crippen LogP contribution is 2.38. The number of ether oxygens (including phenoxy) is 2. The molecule has 4 amide bonds. The first-order chi connectivity index (χ1) is 18.9. The Kier molecular flexibility index (Phi) is 7.34. The van der Waals surface area contributed by atoms with Gasteiger partial charge in [0.25, 0.3) is 11.8 Å². The van der Waals surface area contributed by atoms with E-state index in [-0.39, 0.29) is 17.2 Å². The molecule has 4 aromatic carbocycles. The maximum atomic E-state index is 13.3. The summed E-state index contributed by atoms with van der Waals surface area (Å²) in [5.41, 5.74) is 2.62. The summed E-state index contributed by atoms with van der Waals surface area (Å²) in [5, 5.41) is 4.65. The van der Waals surface area contributed by atoms with Gasteiger partial charge in [0.15, 0.2) is 11.5 Å². The van der Waals surface area contributed by atoms with E-state index in [1.165, 1.54) is 13.2 Å². The number of aryl methyl sites for hydroxylation is 1. The number of halogens is 1. The lowest BCUT2D eigenvalue weighted by molar-refractivity contribution is -0.122. The molecule has 8 heteroatoms. The summed E-state index contributed by atoms with van der Waals surface area (Å²) >= 11 is 6.58. The Morgan fingerprint density at radius 2 is 1.69 bits per heavy atom. The Hall–Kier alpha value is -4.62. The summed E-state index contributed by atoms with van der Waals surface area (Å²) in [6, 6.07) is 23.4. The second kappa shape index (κ2) is 11.0. The van der Waals surface area contributed by atoms with E-state index in [1.807, 2.05) is 61.5 Å². The van der Waals surface area contributed by atoms with Crippen molar-refractivity contribution < 1.29 is 23.9 Å². The van der Waals surface area contributed by atoms with E-state index in [2.05, 4.69) is 5.32 Å². The van der Waals surface area contributed by atoms with Crippen LogP contribution in [0.5, 0.6) is 11.5 Å². The number of carbonyl (C=O) groups excluding carboxylic acids is 3. The van der Waals surface area contributed by atoms with Crippen LogP contribution in [-0.2, 0) is 22.6 Å². The number of fused-ring (bicyclic) bond motifs is 1. The van der Waals surface area contributed by atoms with Crippen LogP contribution in [-0.4, -0.2) is 25.0 Å². The van der Waals surface area contributed by atoms with Crippen molar-refractivity contribution in [2.45, 2.75) is 20.0 Å². The predicted octanol–water partition coefficient (Wildman–Crippen LogP) is 6.31. The molecule has 1 heterocycles. The quantitative estimate of drug-likeness (QED) is 0.219. The molecule has 0 aliphatic carbocycles. The minimum atomic E-state index is -0.806. The molecule has 39 heavy (non-hydrogen) atoms. The molecule has 196 valence electrons. The molecule has 0 spiro atoms. The molecule has 7 nitrogen and oxygen atoms in total. The summed E-state index contributed by atoms with van der Waals surface area (Å²) in [6.07, 6.45) is 2.19. The summed E-state index contributed by atoms with van der Waals surface area (Å²) < 4.78 is 11.6. The number of carbonyl (C=O) groups is 3. The third-order valence-corrected chi connectivity index (χ3v) is 6.80. The van der Waals surface area contributed by atoms with Crippen LogP contribution < -0.4 is 19.7 Å². The van der Waals surface area contributed by atoms with E-state index in [0.717, 1.165) is 33.2 Å². The average Bonchev–Trinajstić information content (AvgIpc) is 2.94. The topological polar surface area (TPSA) is 84.9 Å². The van der Waals surface area contributed by atoms with Crippen LogP contribution in [0.25, 0.3) is 16.8 Å². The lowest BCUT2D eigenvalue weighted by Crippen LogP contribution is -2.54. The molecule has 0 radical (unpaired) electrons. The number of barbiturate groups is 1. The third-order valence-electron chi connectivity index (χ3n) is 6.52. The van der Waals surface area contributed by atoms with Crippen molar-refractivity contribution in [1.82, 2.24) is 5.32 Å². The van der Waals surface area contributed by atoms with Gasteiger partial charge in [-0.1, -0.05) is 73.1 Å². The number of nitrogens with zero attached hydrogens (tertiary/aromatic N) is 1. The molecule has 1 fully saturated rings. The number of amides is 4. The van der Waals surface area contributed by atoms with Gasteiger partial charge in [-0.2, -0.15) is 0 Å². The number of imide groups is 2. The molecule has 0 unspecified atom stereocenters. The Bertz CT molecular complexity index is 1620. The van der Waals surface area contributed by atoms with Crippen LogP contribution in [0, 0.1) is 0 Å². The summed E-state index contributed by atoms with van der Waals surface area (Å²) in [4.78, 5) is 39.4. The smallest absolute Gasteiger partial charge is 0.335 e. The van der Waals surface area contributed by atoms with Gasteiger partial charge in [0.2, 0.25) is 0 Å². The van der Waals surface area contributed by atoms with Crippen LogP contribution in [0.3, 0.4) is 0 Å². The van der Waals surface area contributed by atoms with E-state index >= 15 is 0 Å². The fourth-order valence-corrected chi connectivity index (χ4v) is 4.74. The number of urea groups is 1. The first kappa shape index (κ1) is 26.0. The fourth-order valence-electron chi connectivity index (χ4n) is 4.47. The second-order valence-electron chi connectivity index (χ2n) is 8.94. The van der Waals surface area contributed by atoms with Crippen LogP contribution in [0.2, 0.25) is 5.02 Å². The summed E-state index contributed by atoms with van der Waals surface area (Å²) in [5.74, 6) is -0.861. The molecule has 0 bridgehead atoms. The highest BCUT2D eigenvalue weighted by molar-refractivity contribution is 6.39. The van der Waals surface area contributed by atoms with Crippen molar-refractivity contribution >= 4 is 52.0 Å². The highest BCUT2D eigenvalue weighted by Gasteiger charge is 2.36. The zero-order valence-electron chi connectivity index (χ0n) is 21.4. The zero-order chi connectivity index (χ0) is 27.5. The second-order valence-corrected chi connectivity index (χ2v) is 9.35. The van der Waals surface area contributed by atoms with Crippen LogP contribution in [0.4, 0.5) is 10.5 Å². The van der Waals surface area contributed by atoms with Gasteiger partial charge in [-0.15, -0.1) is 0 Å². The molecule has 1 aliphatic heterocycles. The van der Waals surface area contributed by atoms with Gasteiger partial charge in [0.1, 0.15) is 12.2 Å². The molecule has 0 atom stereocenters. The zero-order valence-corrected chi connectivity index (χ0v) is 22.1. The highest BCUT2D eigenvalue weighted by atomic mass is 35.5. The van der Waals surface area contributed by atoms with Crippen molar-refractivity contribution in [2.75, 3.05) is 12.0 Å². The summed E-state index contributed by atoms with van der Waals surface area (Å²) in [6.45, 7) is 2.26. The van der Waals surface area contributed by atoms with Gasteiger partial charge in [-0.25, -0.2) is 9.69 Å². The number of benzene rings is 4. The lowest BCUT2D eigenvalue weighted by Gasteiger charge is -2.26. The van der Waals surface area contributed by atoms with Crippen molar-refractivity contribution in [3.8, 4) is 11.5 Å². The Morgan fingerprint density at radius 1 is 0.949 bits per heavy atom. The SMILES string of the molecule is CCc1ccc(N2C(=O)NC(=O)/C(=C/c3cc(Cl)c(OCc4cccc5ccccc45)c(OC)c3)C2=O)cc1. The van der Waals surface area contributed by atoms with Crippen molar-refractivity contribution in [3.63, 3.8) is 0 Å². The molecule has 5 rings (SSSR count). The summed E-state index contributed by atoms with van der Waals surface area (Å²) in [7, 11) is 1.48. The maximum Gasteiger partial charge on any atom is 0.335 e. The van der Waals surface area contributed by atoms with Crippen LogP contribution in [0.15, 0.2) is 84.4 Å². The molecule has 1 N–H and O–H groups in total. The van der Waals surface area contributed by atoms with Crippen LogP contribution in [0.1, 0.15) is 23.6 Å². The number of methoxy groups -OCH3 is 1. The number of anilines is 1. The standard InChI is InChI=1S/C31H25ClN2O5/c1-3-19-11-13-23(14-12-19)34-30(36)25(29(35)33-31(34)37)15-20-16-26(32)28(27(17-20)38-2)39-18-22-9-6-8-21-7-4-5-10-24(21)22/h4-17H,3,18H2,1-2H3,(H,33,35,37)/b25-15-. The molecule has 0 aromatic heterocycles. The Labute approximate surface area is 230 Å². The number of rotatable bonds is 7. The minimum absolute atomic E-state index is 0.211. The van der Waals surface area contributed by atoms with Crippen molar-refractivity contribution in [3.05, 3.63) is 106 Å². The van der Waals surface area contributed by atoms with Crippen LogP contribution >= 0.6 is 11.6 Å². The van der Waals surface area contributed by atoms with E-state index in [4.69, 9.17) is 21.1 Å². The molecule has 1 aliphatic rings. The Balaban J connectivity index is 1.43. The van der Waals surface area contributed by atoms with Gasteiger partial charge in [0, 0.05) is 0 Å². The first-order valence-corrected chi connectivity index (χ1v) is 12.7.